The second-order valence-corrected chi connectivity index (χ2v) is 6.08. The third-order valence-electron chi connectivity index (χ3n) is 4.09. The Morgan fingerprint density at radius 1 is 0.958 bits per heavy atom. The number of rotatable bonds is 3. The molecular weight excluding hydrogens is 320 g/mol. The average Bonchev–Trinajstić information content (AvgIpc) is 2.62. The van der Waals surface area contributed by atoms with E-state index in [0.29, 0.717) is 10.6 Å². The van der Waals surface area contributed by atoms with E-state index in [1.807, 2.05) is 35.0 Å². The Morgan fingerprint density at radius 2 is 1.71 bits per heavy atom. The second kappa shape index (κ2) is 6.02. The number of Topliss-reactive ketones (excluding diaryl/α,β-unsaturated/α-hetero) is 1. The van der Waals surface area contributed by atoms with Crippen LogP contribution in [0.25, 0.3) is 21.8 Å². The zero-order chi connectivity index (χ0) is 16.5. The van der Waals surface area contributed by atoms with Crippen molar-refractivity contribution in [3.63, 3.8) is 0 Å². The summed E-state index contributed by atoms with van der Waals surface area (Å²) in [7, 11) is 0. The van der Waals surface area contributed by atoms with Crippen LogP contribution in [0.3, 0.4) is 0 Å². The lowest BCUT2D eigenvalue weighted by molar-refractivity contribution is -0.656. The van der Waals surface area contributed by atoms with Gasteiger partial charge in [-0.05, 0) is 42.5 Å². The van der Waals surface area contributed by atoms with Gasteiger partial charge in [-0.1, -0.05) is 23.7 Å². The van der Waals surface area contributed by atoms with Crippen LogP contribution >= 0.6 is 11.6 Å². The van der Waals surface area contributed by atoms with E-state index in [0.717, 1.165) is 21.8 Å². The first-order valence-corrected chi connectivity index (χ1v) is 8.05. The van der Waals surface area contributed by atoms with Crippen molar-refractivity contribution in [2.24, 2.45) is 0 Å². The van der Waals surface area contributed by atoms with Crippen LogP contribution in [0, 0.1) is 0 Å². The number of benzene rings is 2. The molecule has 0 amide bonds. The number of aromatic nitrogens is 2. The molecule has 0 aliphatic rings. The number of carbonyl (C=O) groups excluding carboxylic acids is 1. The van der Waals surface area contributed by atoms with Crippen molar-refractivity contribution in [3.05, 3.63) is 83.6 Å². The molecule has 4 heteroatoms. The molecule has 0 aliphatic heterocycles. The topological polar surface area (TPSA) is 33.8 Å². The largest absolute Gasteiger partial charge is 0.287 e. The van der Waals surface area contributed by atoms with E-state index in [1.165, 1.54) is 0 Å². The number of halogens is 1. The van der Waals surface area contributed by atoms with Gasteiger partial charge in [0.25, 0.3) is 0 Å². The fourth-order valence-corrected chi connectivity index (χ4v) is 3.05. The predicted octanol–water partition coefficient (Wildman–Crippen LogP) is 4.21. The summed E-state index contributed by atoms with van der Waals surface area (Å²) < 4.78 is 1.96. The highest BCUT2D eigenvalue weighted by atomic mass is 35.5. The van der Waals surface area contributed by atoms with Crippen molar-refractivity contribution in [1.82, 2.24) is 4.98 Å². The van der Waals surface area contributed by atoms with Gasteiger partial charge >= 0.3 is 0 Å². The van der Waals surface area contributed by atoms with Gasteiger partial charge in [-0.15, -0.1) is 0 Å². The van der Waals surface area contributed by atoms with Crippen molar-refractivity contribution >= 4 is 39.2 Å². The number of carbonyl (C=O) groups is 1. The first-order valence-electron chi connectivity index (χ1n) is 7.67. The molecule has 0 fully saturated rings. The minimum absolute atomic E-state index is 0.0390. The summed E-state index contributed by atoms with van der Waals surface area (Å²) in [6.45, 7) is 0.259. The van der Waals surface area contributed by atoms with Gasteiger partial charge in [0.2, 0.25) is 17.8 Å². The number of hydrogen-bond donors (Lipinski definition) is 0. The molecule has 3 nitrogen and oxygen atoms in total. The minimum Gasteiger partial charge on any atom is -0.287 e. The van der Waals surface area contributed by atoms with Gasteiger partial charge in [-0.25, -0.2) is 4.98 Å². The van der Waals surface area contributed by atoms with E-state index in [-0.39, 0.29) is 12.3 Å². The molecule has 4 rings (SSSR count). The van der Waals surface area contributed by atoms with Crippen LogP contribution in [-0.2, 0) is 6.54 Å². The van der Waals surface area contributed by atoms with Gasteiger partial charge in [0.05, 0.1) is 0 Å². The quantitative estimate of drug-likeness (QED) is 0.320. The van der Waals surface area contributed by atoms with Gasteiger partial charge in [-0.3, -0.25) is 4.79 Å². The molecule has 0 spiro atoms. The van der Waals surface area contributed by atoms with Crippen molar-refractivity contribution in [3.8, 4) is 0 Å². The first-order chi connectivity index (χ1) is 11.7. The maximum absolute atomic E-state index is 12.6. The Kier molecular flexibility index (Phi) is 3.71. The standard InChI is InChI=1S/C20H14ClN2O/c21-17-9-7-14(8-10-17)18(24)13-23-12-2-4-16-6-5-15-3-1-11-22-19(15)20(16)23/h1-12H,13H2/q+1. The lowest BCUT2D eigenvalue weighted by atomic mass is 10.1. The lowest BCUT2D eigenvalue weighted by Gasteiger charge is -2.04. The third-order valence-corrected chi connectivity index (χ3v) is 4.34. The monoisotopic (exact) mass is 333 g/mol. The summed E-state index contributed by atoms with van der Waals surface area (Å²) >= 11 is 5.90. The molecule has 0 saturated heterocycles. The van der Waals surface area contributed by atoms with Crippen LogP contribution in [-0.4, -0.2) is 10.8 Å². The van der Waals surface area contributed by atoms with Crippen LogP contribution < -0.4 is 4.57 Å². The number of hydrogen-bond acceptors (Lipinski definition) is 2. The average molecular weight is 334 g/mol. The number of nitrogens with zero attached hydrogens (tertiary/aromatic N) is 2. The Hall–Kier alpha value is -2.78. The molecule has 0 saturated carbocycles. The predicted molar refractivity (Wildman–Crippen MR) is 95.2 cm³/mol. The minimum atomic E-state index is 0.0390. The third kappa shape index (κ3) is 2.63. The SMILES string of the molecule is O=C(C[n+]1cccc2ccc3cccnc3c21)c1ccc(Cl)cc1. The molecule has 116 valence electrons. The fraction of sp³-hybridized carbons (Fsp3) is 0.0500. The van der Waals surface area contributed by atoms with Crippen LogP contribution in [0.4, 0.5) is 0 Å². The maximum atomic E-state index is 12.6. The number of fused-ring (bicyclic) bond motifs is 3. The molecule has 24 heavy (non-hydrogen) atoms. The summed E-state index contributed by atoms with van der Waals surface area (Å²) in [5, 5.41) is 2.75. The highest BCUT2D eigenvalue weighted by Gasteiger charge is 2.18. The zero-order valence-electron chi connectivity index (χ0n) is 12.8. The molecule has 0 bridgehead atoms. The van der Waals surface area contributed by atoms with E-state index < -0.39 is 0 Å². The van der Waals surface area contributed by atoms with Crippen molar-refractivity contribution < 1.29 is 9.36 Å². The molecule has 2 aromatic heterocycles. The van der Waals surface area contributed by atoms with Gasteiger partial charge in [-0.2, -0.15) is 4.57 Å². The van der Waals surface area contributed by atoms with Crippen LogP contribution in [0.5, 0.6) is 0 Å². The Bertz CT molecular complexity index is 1060. The highest BCUT2D eigenvalue weighted by Crippen LogP contribution is 2.20. The molecule has 2 aromatic carbocycles. The van der Waals surface area contributed by atoms with Gasteiger partial charge in [0, 0.05) is 33.6 Å². The summed E-state index contributed by atoms with van der Waals surface area (Å²) in [4.78, 5) is 17.1. The summed E-state index contributed by atoms with van der Waals surface area (Å²) in [6, 6.07) is 19.0. The normalized spacial score (nSPS) is 11.0. The summed E-state index contributed by atoms with van der Waals surface area (Å²) in [5.41, 5.74) is 2.52. The second-order valence-electron chi connectivity index (χ2n) is 5.64. The Balaban J connectivity index is 1.83. The Morgan fingerprint density at radius 3 is 2.54 bits per heavy atom. The van der Waals surface area contributed by atoms with Gasteiger partial charge in [0.1, 0.15) is 5.52 Å². The van der Waals surface area contributed by atoms with Crippen molar-refractivity contribution in [2.45, 2.75) is 6.54 Å². The number of pyridine rings is 2. The van der Waals surface area contributed by atoms with E-state index in [1.54, 1.807) is 30.5 Å². The Labute approximate surface area is 144 Å². The van der Waals surface area contributed by atoms with E-state index in [2.05, 4.69) is 17.1 Å². The zero-order valence-corrected chi connectivity index (χ0v) is 13.6. The first kappa shape index (κ1) is 14.8. The van der Waals surface area contributed by atoms with Crippen molar-refractivity contribution in [1.29, 1.82) is 0 Å². The molecule has 0 atom stereocenters. The lowest BCUT2D eigenvalue weighted by Crippen LogP contribution is -2.38. The molecule has 0 radical (unpaired) electrons. The van der Waals surface area contributed by atoms with E-state index in [4.69, 9.17) is 11.6 Å². The summed E-state index contributed by atoms with van der Waals surface area (Å²) in [6.07, 6.45) is 3.70. The number of ketones is 1. The van der Waals surface area contributed by atoms with Gasteiger partial charge in [0.15, 0.2) is 6.20 Å². The molecule has 0 unspecified atom stereocenters. The van der Waals surface area contributed by atoms with Crippen LogP contribution in [0.1, 0.15) is 10.4 Å². The fourth-order valence-electron chi connectivity index (χ4n) is 2.92. The molecule has 2 heterocycles. The van der Waals surface area contributed by atoms with Crippen molar-refractivity contribution in [2.75, 3.05) is 0 Å². The smallest absolute Gasteiger partial charge is 0.239 e. The van der Waals surface area contributed by atoms with Crippen LogP contribution in [0.2, 0.25) is 5.02 Å². The van der Waals surface area contributed by atoms with Gasteiger partial charge < -0.3 is 0 Å². The van der Waals surface area contributed by atoms with E-state index in [9.17, 15) is 4.79 Å². The molecular formula is C20H14ClN2O+. The molecule has 0 N–H and O–H groups in total. The summed E-state index contributed by atoms with van der Waals surface area (Å²) in [5.74, 6) is 0.0390. The highest BCUT2D eigenvalue weighted by molar-refractivity contribution is 6.30. The molecule has 0 aliphatic carbocycles. The maximum Gasteiger partial charge on any atom is 0.239 e. The van der Waals surface area contributed by atoms with E-state index >= 15 is 0 Å². The molecule has 4 aromatic rings. The van der Waals surface area contributed by atoms with Crippen LogP contribution in [0.15, 0.2) is 73.1 Å².